The Kier molecular flexibility index (Phi) is 5.02. The van der Waals surface area contributed by atoms with Crippen molar-refractivity contribution in [1.82, 2.24) is 15.2 Å². The van der Waals surface area contributed by atoms with Gasteiger partial charge in [-0.1, -0.05) is 18.2 Å². The molecule has 1 N–H and O–H groups in total. The van der Waals surface area contributed by atoms with Crippen molar-refractivity contribution in [2.45, 2.75) is 12.8 Å². The first kappa shape index (κ1) is 17.1. The predicted octanol–water partition coefficient (Wildman–Crippen LogP) is 4.43. The van der Waals surface area contributed by atoms with Crippen LogP contribution in [0.25, 0.3) is 22.0 Å². The fourth-order valence-electron chi connectivity index (χ4n) is 2.56. The maximum Gasteiger partial charge on any atom is 0.247 e. The summed E-state index contributed by atoms with van der Waals surface area (Å²) in [5.74, 6) is 0.809. The minimum absolute atomic E-state index is 0.101. The third-order valence-corrected chi connectivity index (χ3v) is 4.72. The van der Waals surface area contributed by atoms with Gasteiger partial charge in [0.2, 0.25) is 17.7 Å². The van der Waals surface area contributed by atoms with E-state index in [-0.39, 0.29) is 12.3 Å². The summed E-state index contributed by atoms with van der Waals surface area (Å²) in [7, 11) is 0. The molecule has 0 aliphatic rings. The van der Waals surface area contributed by atoms with Crippen LogP contribution >= 0.6 is 11.3 Å². The number of hydrogen-bond donors (Lipinski definition) is 1. The van der Waals surface area contributed by atoms with Crippen LogP contribution < -0.4 is 5.32 Å². The number of anilines is 1. The lowest BCUT2D eigenvalue weighted by molar-refractivity contribution is -0.116. The van der Waals surface area contributed by atoms with Gasteiger partial charge >= 0.3 is 0 Å². The molecule has 2 heterocycles. The van der Waals surface area contributed by atoms with E-state index in [1.54, 1.807) is 17.5 Å². The molecule has 2 aromatic carbocycles. The van der Waals surface area contributed by atoms with Crippen LogP contribution in [0.3, 0.4) is 0 Å². The molecule has 27 heavy (non-hydrogen) atoms. The second-order valence-electron chi connectivity index (χ2n) is 5.83. The molecule has 7 heteroatoms. The highest BCUT2D eigenvalue weighted by atomic mass is 32.1. The van der Waals surface area contributed by atoms with Crippen molar-refractivity contribution in [2.75, 3.05) is 5.32 Å². The molecule has 2 aromatic heterocycles. The maximum atomic E-state index is 12.2. The third-order valence-electron chi connectivity index (χ3n) is 3.90. The summed E-state index contributed by atoms with van der Waals surface area (Å²) in [6.07, 6.45) is 2.43. The topological polar surface area (TPSA) is 80.9 Å². The normalized spacial score (nSPS) is 10.7. The SMILES string of the molecule is O=C(CCc1nnc(-c2ccccc2)o1)Nc1ccc(-c2nccs2)cc1. The standard InChI is InChI=1S/C20H16N4O2S/c25-17(22-16-8-6-15(7-9-16)20-21-12-13-27-20)10-11-18-23-24-19(26-18)14-4-2-1-3-5-14/h1-9,12-13H,10-11H2,(H,22,25). The lowest BCUT2D eigenvalue weighted by Crippen LogP contribution is -2.12. The van der Waals surface area contributed by atoms with Gasteiger partial charge in [-0.15, -0.1) is 21.5 Å². The Morgan fingerprint density at radius 2 is 1.81 bits per heavy atom. The molecule has 0 radical (unpaired) electrons. The van der Waals surface area contributed by atoms with Gasteiger partial charge in [-0.05, 0) is 36.4 Å². The van der Waals surface area contributed by atoms with E-state index in [0.29, 0.717) is 18.2 Å². The molecule has 4 rings (SSSR count). The number of thiazole rings is 1. The molecule has 0 fully saturated rings. The Balaban J connectivity index is 1.32. The van der Waals surface area contributed by atoms with Crippen LogP contribution in [0.4, 0.5) is 5.69 Å². The zero-order valence-corrected chi connectivity index (χ0v) is 15.1. The minimum Gasteiger partial charge on any atom is -0.421 e. The monoisotopic (exact) mass is 376 g/mol. The summed E-state index contributed by atoms with van der Waals surface area (Å²) < 4.78 is 5.62. The van der Waals surface area contributed by atoms with Crippen LogP contribution in [0.15, 0.2) is 70.6 Å². The van der Waals surface area contributed by atoms with Gasteiger partial charge < -0.3 is 9.73 Å². The highest BCUT2D eigenvalue weighted by Gasteiger charge is 2.11. The summed E-state index contributed by atoms with van der Waals surface area (Å²) >= 11 is 1.58. The zero-order valence-electron chi connectivity index (χ0n) is 14.3. The fraction of sp³-hybridized carbons (Fsp3) is 0.100. The molecule has 4 aromatic rings. The van der Waals surface area contributed by atoms with E-state index in [0.717, 1.165) is 21.8 Å². The van der Waals surface area contributed by atoms with E-state index >= 15 is 0 Å². The Morgan fingerprint density at radius 1 is 1.00 bits per heavy atom. The average Bonchev–Trinajstić information content (AvgIpc) is 3.40. The lowest BCUT2D eigenvalue weighted by Gasteiger charge is -2.05. The Hall–Kier alpha value is -3.32. The van der Waals surface area contributed by atoms with E-state index in [9.17, 15) is 4.79 Å². The summed E-state index contributed by atoms with van der Waals surface area (Å²) in [6, 6.07) is 17.2. The molecule has 0 bridgehead atoms. The van der Waals surface area contributed by atoms with Gasteiger partial charge in [-0.3, -0.25) is 4.79 Å². The average molecular weight is 376 g/mol. The first-order valence-electron chi connectivity index (χ1n) is 8.45. The molecule has 0 aliphatic heterocycles. The largest absolute Gasteiger partial charge is 0.421 e. The van der Waals surface area contributed by atoms with Crippen LogP contribution in [0.1, 0.15) is 12.3 Å². The number of nitrogens with one attached hydrogen (secondary N) is 1. The van der Waals surface area contributed by atoms with Crippen molar-refractivity contribution in [3.63, 3.8) is 0 Å². The molecule has 1 amide bonds. The fourth-order valence-corrected chi connectivity index (χ4v) is 3.20. The Bertz CT molecular complexity index is 1010. The van der Waals surface area contributed by atoms with E-state index in [1.165, 1.54) is 0 Å². The number of carbonyl (C=O) groups is 1. The maximum absolute atomic E-state index is 12.2. The van der Waals surface area contributed by atoms with Crippen LogP contribution in [-0.4, -0.2) is 21.1 Å². The zero-order chi connectivity index (χ0) is 18.5. The number of aryl methyl sites for hydroxylation is 1. The molecule has 134 valence electrons. The predicted molar refractivity (Wildman–Crippen MR) is 104 cm³/mol. The van der Waals surface area contributed by atoms with Gasteiger partial charge in [0.15, 0.2) is 0 Å². The smallest absolute Gasteiger partial charge is 0.247 e. The summed E-state index contributed by atoms with van der Waals surface area (Å²) in [4.78, 5) is 16.4. The van der Waals surface area contributed by atoms with E-state index < -0.39 is 0 Å². The highest BCUT2D eigenvalue weighted by molar-refractivity contribution is 7.13. The van der Waals surface area contributed by atoms with Gasteiger partial charge in [0.1, 0.15) is 5.01 Å². The molecule has 0 saturated carbocycles. The number of hydrogen-bond acceptors (Lipinski definition) is 6. The second-order valence-corrected chi connectivity index (χ2v) is 6.72. The molecule has 0 aliphatic carbocycles. The molecular weight excluding hydrogens is 360 g/mol. The van der Waals surface area contributed by atoms with Gasteiger partial charge in [0, 0.05) is 41.2 Å². The van der Waals surface area contributed by atoms with E-state index in [1.807, 2.05) is 60.0 Å². The van der Waals surface area contributed by atoms with Crippen molar-refractivity contribution >= 4 is 22.9 Å². The van der Waals surface area contributed by atoms with Gasteiger partial charge in [-0.2, -0.15) is 0 Å². The van der Waals surface area contributed by atoms with Crippen molar-refractivity contribution in [2.24, 2.45) is 0 Å². The molecule has 0 saturated heterocycles. The van der Waals surface area contributed by atoms with E-state index in [2.05, 4.69) is 20.5 Å². The van der Waals surface area contributed by atoms with Crippen molar-refractivity contribution in [3.8, 4) is 22.0 Å². The van der Waals surface area contributed by atoms with Crippen LogP contribution in [0.2, 0.25) is 0 Å². The van der Waals surface area contributed by atoms with E-state index in [4.69, 9.17) is 4.42 Å². The van der Waals surface area contributed by atoms with Crippen molar-refractivity contribution < 1.29 is 9.21 Å². The lowest BCUT2D eigenvalue weighted by atomic mass is 10.2. The molecule has 0 atom stereocenters. The van der Waals surface area contributed by atoms with Gasteiger partial charge in [-0.25, -0.2) is 4.98 Å². The molecule has 6 nitrogen and oxygen atoms in total. The second kappa shape index (κ2) is 7.92. The van der Waals surface area contributed by atoms with Crippen molar-refractivity contribution in [3.05, 3.63) is 72.1 Å². The van der Waals surface area contributed by atoms with Crippen LogP contribution in [-0.2, 0) is 11.2 Å². The third kappa shape index (κ3) is 4.27. The molecule has 0 spiro atoms. The van der Waals surface area contributed by atoms with Gasteiger partial charge in [0.05, 0.1) is 0 Å². The summed E-state index contributed by atoms with van der Waals surface area (Å²) in [5.41, 5.74) is 2.64. The molecular formula is C20H16N4O2S. The van der Waals surface area contributed by atoms with Crippen molar-refractivity contribution in [1.29, 1.82) is 0 Å². The minimum atomic E-state index is -0.101. The first-order chi connectivity index (χ1) is 13.3. The summed E-state index contributed by atoms with van der Waals surface area (Å²) in [6.45, 7) is 0. The number of amides is 1. The van der Waals surface area contributed by atoms with Crippen LogP contribution in [0, 0.1) is 0 Å². The summed E-state index contributed by atoms with van der Waals surface area (Å²) in [5, 5.41) is 13.8. The number of aromatic nitrogens is 3. The quantitative estimate of drug-likeness (QED) is 0.538. The number of rotatable bonds is 6. The van der Waals surface area contributed by atoms with Gasteiger partial charge in [0.25, 0.3) is 0 Å². The Labute approximate surface area is 159 Å². The number of nitrogens with zero attached hydrogens (tertiary/aromatic N) is 3. The Morgan fingerprint density at radius 3 is 2.56 bits per heavy atom. The number of benzene rings is 2. The first-order valence-corrected chi connectivity index (χ1v) is 9.33. The number of carbonyl (C=O) groups excluding carboxylic acids is 1. The highest BCUT2D eigenvalue weighted by Crippen LogP contribution is 2.23. The molecule has 0 unspecified atom stereocenters. The van der Waals surface area contributed by atoms with Crippen LogP contribution in [0.5, 0.6) is 0 Å².